The van der Waals surface area contributed by atoms with E-state index in [0.29, 0.717) is 50.7 Å². The van der Waals surface area contributed by atoms with E-state index in [4.69, 9.17) is 0 Å². The summed E-state index contributed by atoms with van der Waals surface area (Å²) in [5, 5.41) is 23.2. The van der Waals surface area contributed by atoms with E-state index in [9.17, 15) is 33.1 Å². The minimum atomic E-state index is -3.23. The number of likely N-dealkylation sites (N-methyl/N-ethyl adjacent to an activating group) is 2. The number of fused-ring (bicyclic) bond motifs is 2. The van der Waals surface area contributed by atoms with E-state index in [-0.39, 0.29) is 44.0 Å². The van der Waals surface area contributed by atoms with Gasteiger partial charge >= 0.3 is 0 Å². The van der Waals surface area contributed by atoms with Crippen molar-refractivity contribution in [3.05, 3.63) is 59.2 Å². The van der Waals surface area contributed by atoms with Crippen LogP contribution in [-0.2, 0) is 32.0 Å². The predicted octanol–water partition coefficient (Wildman–Crippen LogP) is 3.88. The molecule has 0 radical (unpaired) electrons. The summed E-state index contributed by atoms with van der Waals surface area (Å²) in [5.74, 6) is -6.12. The Balaban J connectivity index is 1.41. The van der Waals surface area contributed by atoms with Crippen molar-refractivity contribution in [1.29, 1.82) is 0 Å². The molecular weight excluding hydrogens is 773 g/mol. The number of aliphatic hydroxyl groups excluding tert-OH is 1. The summed E-state index contributed by atoms with van der Waals surface area (Å²) in [7, 11) is 3.22. The lowest BCUT2D eigenvalue weighted by Gasteiger charge is -2.30. The fourth-order valence-electron chi connectivity index (χ4n) is 8.40. The Morgan fingerprint density at radius 1 is 0.780 bits per heavy atom. The largest absolute Gasteiger partial charge is 0.391 e. The van der Waals surface area contributed by atoms with Gasteiger partial charge in [-0.1, -0.05) is 13.8 Å². The fourth-order valence-corrected chi connectivity index (χ4v) is 8.40. The van der Waals surface area contributed by atoms with Crippen molar-refractivity contribution in [2.24, 2.45) is 0 Å². The van der Waals surface area contributed by atoms with Gasteiger partial charge in [-0.15, -0.1) is 0 Å². The number of halogens is 4. The highest BCUT2D eigenvalue weighted by atomic mass is 19.3. The molecule has 2 aromatic heterocycles. The van der Waals surface area contributed by atoms with Gasteiger partial charge in [0, 0.05) is 46.9 Å². The van der Waals surface area contributed by atoms with E-state index < -0.39 is 84.7 Å². The Morgan fingerprint density at radius 3 is 1.69 bits per heavy atom. The van der Waals surface area contributed by atoms with Gasteiger partial charge < -0.3 is 46.1 Å². The van der Waals surface area contributed by atoms with Crippen LogP contribution in [0.4, 0.5) is 17.6 Å². The molecular formula is C42H54F4N8O5. The molecule has 4 amide bonds. The Morgan fingerprint density at radius 2 is 1.24 bits per heavy atom. The number of alkyl halides is 2. The van der Waals surface area contributed by atoms with Gasteiger partial charge in [0.15, 0.2) is 0 Å². The average molecular weight is 827 g/mol. The van der Waals surface area contributed by atoms with E-state index in [1.165, 1.54) is 30.3 Å². The van der Waals surface area contributed by atoms with Gasteiger partial charge in [0.25, 0.3) is 5.92 Å². The van der Waals surface area contributed by atoms with Gasteiger partial charge in [0.1, 0.15) is 23.7 Å². The third-order valence-corrected chi connectivity index (χ3v) is 11.9. The van der Waals surface area contributed by atoms with Crippen LogP contribution in [0, 0.1) is 11.6 Å². The predicted molar refractivity (Wildman–Crippen MR) is 216 cm³/mol. The first kappa shape index (κ1) is 43.6. The molecule has 2 fully saturated rings. The van der Waals surface area contributed by atoms with Crippen molar-refractivity contribution in [2.45, 2.75) is 114 Å². The van der Waals surface area contributed by atoms with Gasteiger partial charge in [-0.2, -0.15) is 0 Å². The highest BCUT2D eigenvalue weighted by Gasteiger charge is 2.48. The number of amides is 4. The van der Waals surface area contributed by atoms with Crippen LogP contribution in [0.15, 0.2) is 36.4 Å². The average Bonchev–Trinajstić information content (AvgIpc) is 3.94. The number of β-amino-alcohol motifs (C(OH)–C–C–N with tert-alkyl or cyclic N) is 1. The van der Waals surface area contributed by atoms with Gasteiger partial charge in [-0.05, 0) is 108 Å². The van der Waals surface area contributed by atoms with E-state index in [1.807, 2.05) is 0 Å². The molecule has 2 saturated heterocycles. The number of carbonyl (C=O) groups is 4. The van der Waals surface area contributed by atoms with E-state index >= 15 is 8.78 Å². The highest BCUT2D eigenvalue weighted by molar-refractivity contribution is 5.97. The van der Waals surface area contributed by atoms with Crippen LogP contribution in [0.25, 0.3) is 33.2 Å². The lowest BCUT2D eigenvalue weighted by atomic mass is 9.94. The van der Waals surface area contributed by atoms with Gasteiger partial charge in [-0.25, -0.2) is 17.6 Å². The summed E-state index contributed by atoms with van der Waals surface area (Å²) < 4.78 is 60.3. The van der Waals surface area contributed by atoms with E-state index in [0.717, 1.165) is 4.90 Å². The molecule has 59 heavy (non-hydrogen) atoms. The fraction of sp³-hybridized carbons (Fsp3) is 0.524. The maximum absolute atomic E-state index is 15.4. The Kier molecular flexibility index (Phi) is 13.1. The SMILES string of the molecule is CCC(NC(=O)C(C)NC)C(=O)N1CC(O)CC1Cc1c(-c2[nH]c3cc(F)ccc3c2CC2CC(F)(F)CN2C(=O)C(CC)NC(=O)C(C)NC)[nH]c2cc(F)ccc12. The zero-order valence-electron chi connectivity index (χ0n) is 34.1. The summed E-state index contributed by atoms with van der Waals surface area (Å²) in [6.07, 6.45) is -0.773. The topological polar surface area (TPSA) is 175 Å². The molecule has 4 aromatic rings. The Bertz CT molecular complexity index is 2210. The maximum Gasteiger partial charge on any atom is 0.267 e. The van der Waals surface area contributed by atoms with Gasteiger partial charge in [0.2, 0.25) is 23.6 Å². The lowest BCUT2D eigenvalue weighted by Crippen LogP contribution is -2.53. The number of aromatic nitrogens is 2. The molecule has 0 saturated carbocycles. The summed E-state index contributed by atoms with van der Waals surface area (Å²) in [6, 6.07) is 3.61. The summed E-state index contributed by atoms with van der Waals surface area (Å²) >= 11 is 0. The standard InChI is InChI=1S/C42H54F4N8O5/c1-7-32(51-38(56)21(3)47-5)40(58)53-19-27(55)15-25(53)16-30-28-11-9-23(43)13-34(28)49-36(30)37-31(29-12-10-24(44)14-35(29)50-37)17-26-18-42(45,46)20-54(26)41(59)33(8-2)52-39(57)22(4)48-6/h9-14,21-22,25-27,32-33,47-50,55H,7-8,15-20H2,1-6H3,(H,51,56)(H,52,57). The van der Waals surface area contributed by atoms with Crippen LogP contribution in [0.2, 0.25) is 0 Å². The second-order valence-electron chi connectivity index (χ2n) is 15.9. The van der Waals surface area contributed by atoms with Crippen molar-refractivity contribution in [2.75, 3.05) is 27.2 Å². The third kappa shape index (κ3) is 9.11. The van der Waals surface area contributed by atoms with Crippen LogP contribution >= 0.6 is 0 Å². The summed E-state index contributed by atoms with van der Waals surface area (Å²) in [6.45, 7) is 5.92. The molecule has 7 unspecified atom stereocenters. The molecule has 320 valence electrons. The number of likely N-dealkylation sites (tertiary alicyclic amines) is 2. The van der Waals surface area contributed by atoms with E-state index in [2.05, 4.69) is 31.2 Å². The zero-order valence-corrected chi connectivity index (χ0v) is 34.1. The van der Waals surface area contributed by atoms with Gasteiger partial charge in [-0.3, -0.25) is 19.2 Å². The Labute approximate surface area is 340 Å². The molecule has 2 aliphatic heterocycles. The second kappa shape index (κ2) is 17.7. The molecule has 7 atom stereocenters. The molecule has 4 heterocycles. The van der Waals surface area contributed by atoms with Crippen molar-refractivity contribution < 1.29 is 41.8 Å². The number of nitrogens with one attached hydrogen (secondary N) is 6. The molecule has 6 rings (SSSR count). The number of aromatic amines is 2. The first-order valence-corrected chi connectivity index (χ1v) is 20.2. The van der Waals surface area contributed by atoms with E-state index in [1.54, 1.807) is 52.8 Å². The lowest BCUT2D eigenvalue weighted by molar-refractivity contribution is -0.138. The highest BCUT2D eigenvalue weighted by Crippen LogP contribution is 2.41. The maximum atomic E-state index is 15.4. The van der Waals surface area contributed by atoms with Crippen LogP contribution in [0.3, 0.4) is 0 Å². The van der Waals surface area contributed by atoms with Crippen LogP contribution < -0.4 is 21.3 Å². The van der Waals surface area contributed by atoms with Crippen molar-refractivity contribution in [3.8, 4) is 11.4 Å². The van der Waals surface area contributed by atoms with Gasteiger partial charge in [0.05, 0.1) is 36.1 Å². The number of H-pyrrole nitrogens is 2. The zero-order chi connectivity index (χ0) is 42.9. The molecule has 0 spiro atoms. The minimum absolute atomic E-state index is 0.0213. The van der Waals surface area contributed by atoms with Crippen LogP contribution in [0.1, 0.15) is 64.5 Å². The first-order valence-electron chi connectivity index (χ1n) is 20.2. The number of carbonyl (C=O) groups excluding carboxylic acids is 4. The molecule has 2 aliphatic rings. The Hall–Kier alpha value is -5.00. The summed E-state index contributed by atoms with van der Waals surface area (Å²) in [4.78, 5) is 62.8. The smallest absolute Gasteiger partial charge is 0.267 e. The van der Waals surface area contributed by atoms with Crippen LogP contribution in [0.5, 0.6) is 0 Å². The van der Waals surface area contributed by atoms with Crippen LogP contribution in [-0.4, -0.2) is 124 Å². The van der Waals surface area contributed by atoms with Crippen molar-refractivity contribution >= 4 is 45.4 Å². The number of hydrogen-bond donors (Lipinski definition) is 7. The molecule has 2 aromatic carbocycles. The first-order chi connectivity index (χ1) is 28.0. The van der Waals surface area contributed by atoms with Crippen molar-refractivity contribution in [1.82, 2.24) is 41.0 Å². The number of hydrogen-bond acceptors (Lipinski definition) is 7. The monoisotopic (exact) mass is 826 g/mol. The third-order valence-electron chi connectivity index (χ3n) is 11.9. The number of benzene rings is 2. The number of aliphatic hydroxyl groups is 1. The van der Waals surface area contributed by atoms with Crippen molar-refractivity contribution in [3.63, 3.8) is 0 Å². The second-order valence-corrected chi connectivity index (χ2v) is 15.9. The molecule has 17 heteroatoms. The summed E-state index contributed by atoms with van der Waals surface area (Å²) in [5.41, 5.74) is 2.74. The molecule has 13 nitrogen and oxygen atoms in total. The quantitative estimate of drug-likeness (QED) is 0.0892. The number of nitrogens with zero attached hydrogens (tertiary/aromatic N) is 2. The molecule has 0 aliphatic carbocycles. The minimum Gasteiger partial charge on any atom is -0.391 e. The normalized spacial score (nSPS) is 21.2. The molecule has 7 N–H and O–H groups in total. The number of rotatable bonds is 15. The molecule has 0 bridgehead atoms.